The van der Waals surface area contributed by atoms with Crippen LogP contribution >= 0.6 is 0 Å². The summed E-state index contributed by atoms with van der Waals surface area (Å²) in [5, 5.41) is 7.74. The van der Waals surface area contributed by atoms with E-state index in [0.29, 0.717) is 5.92 Å². The van der Waals surface area contributed by atoms with Gasteiger partial charge in [-0.2, -0.15) is 0 Å². The van der Waals surface area contributed by atoms with Crippen LogP contribution in [0.3, 0.4) is 0 Å². The summed E-state index contributed by atoms with van der Waals surface area (Å²) in [6, 6.07) is 7.98. The van der Waals surface area contributed by atoms with Crippen LogP contribution in [-0.2, 0) is 0 Å². The number of allylic oxidation sites excluding steroid dienone is 1. The molecule has 4 heteroatoms. The normalized spacial score (nSPS) is 19.1. The van der Waals surface area contributed by atoms with Gasteiger partial charge in [0.15, 0.2) is 0 Å². The molecule has 1 aromatic heterocycles. The summed E-state index contributed by atoms with van der Waals surface area (Å²) in [7, 11) is 0. The number of rotatable bonds is 2. The Labute approximate surface area is 109 Å². The molecule has 1 saturated carbocycles. The van der Waals surface area contributed by atoms with Crippen molar-refractivity contribution in [3.8, 4) is 0 Å². The van der Waals surface area contributed by atoms with Gasteiger partial charge in [0.2, 0.25) is 0 Å². The number of nitrogens with zero attached hydrogens (tertiary/aromatic N) is 1. The van der Waals surface area contributed by atoms with E-state index in [4.69, 9.17) is 0 Å². The highest BCUT2D eigenvalue weighted by atomic mass is 16.1. The van der Waals surface area contributed by atoms with E-state index in [9.17, 15) is 4.79 Å². The zero-order valence-electron chi connectivity index (χ0n) is 10.3. The summed E-state index contributed by atoms with van der Waals surface area (Å²) < 4.78 is 0. The second kappa shape index (κ2) is 3.82. The van der Waals surface area contributed by atoms with Crippen LogP contribution in [0.1, 0.15) is 30.0 Å². The van der Waals surface area contributed by atoms with Gasteiger partial charge in [0.05, 0.1) is 16.6 Å². The molecule has 0 radical (unpaired) electrons. The standard InChI is InChI=1S/C15H13N3O/c19-15-12(14(17-18-15)9-5-6-9)8-11-7-10-3-1-2-4-13(10)16-11/h1-4,7-9H,5-6H2,(H2,17,18,19). The third-order valence-corrected chi connectivity index (χ3v) is 3.61. The van der Waals surface area contributed by atoms with E-state index in [1.807, 2.05) is 36.4 Å². The Hall–Kier alpha value is -2.36. The molecule has 1 fully saturated rings. The number of hydrogen-bond acceptors (Lipinski definition) is 2. The average Bonchev–Trinajstić information content (AvgIpc) is 3.07. The minimum Gasteiger partial charge on any atom is -0.301 e. The molecule has 0 unspecified atom stereocenters. The molecule has 2 aromatic rings. The fraction of sp³-hybridized carbons (Fsp3) is 0.200. The molecule has 1 aromatic carbocycles. The van der Waals surface area contributed by atoms with Gasteiger partial charge in [0.25, 0.3) is 5.56 Å². The molecule has 4 rings (SSSR count). The first-order chi connectivity index (χ1) is 9.31. The fourth-order valence-corrected chi connectivity index (χ4v) is 2.48. The number of aromatic amines is 2. The lowest BCUT2D eigenvalue weighted by Crippen LogP contribution is -2.19. The van der Waals surface area contributed by atoms with E-state index in [1.54, 1.807) is 0 Å². The van der Waals surface area contributed by atoms with Crippen LogP contribution in [0.25, 0.3) is 12.2 Å². The molecule has 0 amide bonds. The van der Waals surface area contributed by atoms with E-state index in [1.165, 1.54) is 0 Å². The van der Waals surface area contributed by atoms with Crippen molar-refractivity contribution in [2.24, 2.45) is 4.99 Å². The predicted molar refractivity (Wildman–Crippen MR) is 73.1 cm³/mol. The second-order valence-corrected chi connectivity index (χ2v) is 5.06. The first-order valence-corrected chi connectivity index (χ1v) is 6.49. The van der Waals surface area contributed by atoms with Crippen molar-refractivity contribution in [1.29, 1.82) is 0 Å². The van der Waals surface area contributed by atoms with Crippen LogP contribution in [0.5, 0.6) is 0 Å². The molecule has 1 aliphatic carbocycles. The molecule has 0 spiro atoms. The number of aromatic nitrogens is 2. The number of nitrogens with one attached hydrogen (secondary N) is 2. The molecular weight excluding hydrogens is 238 g/mol. The van der Waals surface area contributed by atoms with Crippen molar-refractivity contribution in [2.75, 3.05) is 0 Å². The molecule has 2 heterocycles. The Kier molecular flexibility index (Phi) is 2.12. The van der Waals surface area contributed by atoms with Crippen molar-refractivity contribution in [1.82, 2.24) is 10.2 Å². The van der Waals surface area contributed by atoms with Gasteiger partial charge in [-0.25, -0.2) is 4.99 Å². The minimum absolute atomic E-state index is 0.0612. The molecule has 2 N–H and O–H groups in total. The Morgan fingerprint density at radius 1 is 1.21 bits per heavy atom. The third kappa shape index (κ3) is 1.76. The van der Waals surface area contributed by atoms with Crippen LogP contribution in [0.15, 0.2) is 39.7 Å². The van der Waals surface area contributed by atoms with E-state index in [2.05, 4.69) is 15.2 Å². The maximum absolute atomic E-state index is 11.8. The summed E-state index contributed by atoms with van der Waals surface area (Å²) >= 11 is 0. The fourth-order valence-electron chi connectivity index (χ4n) is 2.48. The number of fused-ring (bicyclic) bond motifs is 1. The van der Waals surface area contributed by atoms with Crippen LogP contribution in [0.2, 0.25) is 0 Å². The summed E-state index contributed by atoms with van der Waals surface area (Å²) in [6.45, 7) is 0. The van der Waals surface area contributed by atoms with Gasteiger partial charge < -0.3 is 5.10 Å². The van der Waals surface area contributed by atoms with Crippen LogP contribution in [0, 0.1) is 0 Å². The highest BCUT2D eigenvalue weighted by molar-refractivity contribution is 5.66. The van der Waals surface area contributed by atoms with E-state index in [-0.39, 0.29) is 5.56 Å². The molecule has 4 nitrogen and oxygen atoms in total. The van der Waals surface area contributed by atoms with Crippen molar-refractivity contribution < 1.29 is 0 Å². The van der Waals surface area contributed by atoms with Gasteiger partial charge in [0.1, 0.15) is 0 Å². The molecule has 19 heavy (non-hydrogen) atoms. The number of H-pyrrole nitrogens is 2. The first-order valence-electron chi connectivity index (χ1n) is 6.49. The minimum atomic E-state index is -0.0612. The lowest BCUT2D eigenvalue weighted by Gasteiger charge is -1.94. The van der Waals surface area contributed by atoms with Crippen LogP contribution in [0.4, 0.5) is 0 Å². The van der Waals surface area contributed by atoms with Crippen molar-refractivity contribution in [3.63, 3.8) is 0 Å². The summed E-state index contributed by atoms with van der Waals surface area (Å²) in [4.78, 5) is 16.4. The molecule has 1 aliphatic heterocycles. The van der Waals surface area contributed by atoms with Crippen molar-refractivity contribution >= 4 is 12.2 Å². The smallest absolute Gasteiger partial charge is 0.271 e. The maximum atomic E-state index is 11.8. The molecule has 0 bridgehead atoms. The zero-order chi connectivity index (χ0) is 12.8. The Morgan fingerprint density at radius 2 is 2.05 bits per heavy atom. The number of benzene rings is 1. The molecule has 2 aliphatic rings. The number of para-hydroxylation sites is 1. The Morgan fingerprint density at radius 3 is 2.84 bits per heavy atom. The predicted octanol–water partition coefficient (Wildman–Crippen LogP) is 1.04. The Balaban J connectivity index is 1.84. The second-order valence-electron chi connectivity index (χ2n) is 5.06. The largest absolute Gasteiger partial charge is 0.301 e. The quantitative estimate of drug-likeness (QED) is 0.823. The lowest BCUT2D eigenvalue weighted by molar-refractivity contribution is 0.955. The van der Waals surface area contributed by atoms with Gasteiger partial charge in [-0.1, -0.05) is 18.2 Å². The van der Waals surface area contributed by atoms with E-state index < -0.39 is 0 Å². The topological polar surface area (TPSA) is 61.0 Å². The van der Waals surface area contributed by atoms with E-state index >= 15 is 0 Å². The zero-order valence-corrected chi connectivity index (χ0v) is 10.3. The first kappa shape index (κ1) is 10.6. The molecule has 0 saturated heterocycles. The summed E-state index contributed by atoms with van der Waals surface area (Å²) in [6.07, 6.45) is 6.21. The van der Waals surface area contributed by atoms with Gasteiger partial charge in [-0.05, 0) is 31.1 Å². The van der Waals surface area contributed by atoms with Crippen molar-refractivity contribution in [3.05, 3.63) is 62.1 Å². The van der Waals surface area contributed by atoms with Crippen LogP contribution in [-0.4, -0.2) is 10.2 Å². The van der Waals surface area contributed by atoms with Gasteiger partial charge >= 0.3 is 0 Å². The molecule has 94 valence electrons. The van der Waals surface area contributed by atoms with Gasteiger partial charge in [-0.3, -0.25) is 9.89 Å². The number of hydrogen-bond donors (Lipinski definition) is 2. The Bertz CT molecular complexity index is 813. The van der Waals surface area contributed by atoms with Crippen LogP contribution < -0.4 is 16.1 Å². The van der Waals surface area contributed by atoms with Gasteiger partial charge in [-0.15, -0.1) is 0 Å². The summed E-state index contributed by atoms with van der Waals surface area (Å²) in [5.74, 6) is 0.509. The maximum Gasteiger partial charge on any atom is 0.271 e. The SMILES string of the molecule is O=c1[nH][nH]c(C2CC2)c1C=C1C=c2ccccc2=N1. The summed E-state index contributed by atoms with van der Waals surface area (Å²) in [5.41, 5.74) is 2.53. The van der Waals surface area contributed by atoms with E-state index in [0.717, 1.165) is 40.4 Å². The third-order valence-electron chi connectivity index (χ3n) is 3.61. The lowest BCUT2D eigenvalue weighted by atomic mass is 10.1. The highest BCUT2D eigenvalue weighted by Gasteiger charge is 2.28. The van der Waals surface area contributed by atoms with Gasteiger partial charge in [0, 0.05) is 16.8 Å². The average molecular weight is 251 g/mol. The molecular formula is C15H13N3O. The molecule has 0 atom stereocenters. The monoisotopic (exact) mass is 251 g/mol. The highest BCUT2D eigenvalue weighted by Crippen LogP contribution is 2.40. The van der Waals surface area contributed by atoms with Crippen molar-refractivity contribution in [2.45, 2.75) is 18.8 Å².